The molecule has 0 radical (unpaired) electrons. The zero-order chi connectivity index (χ0) is 24.4. The third kappa shape index (κ3) is 4.69. The molecule has 3 aromatic heterocycles. The molecule has 0 aliphatic carbocycles. The van der Waals surface area contributed by atoms with E-state index >= 15 is 0 Å². The number of hydrogen-bond donors (Lipinski definition) is 0. The van der Waals surface area contributed by atoms with E-state index < -0.39 is 5.63 Å². The lowest BCUT2D eigenvalue weighted by Gasteiger charge is -2.02. The lowest BCUT2D eigenvalue weighted by molar-refractivity contribution is 0.563. The summed E-state index contributed by atoms with van der Waals surface area (Å²) in [4.78, 5) is 18.3. The second kappa shape index (κ2) is 9.52. The molecule has 174 valence electrons. The Kier molecular flexibility index (Phi) is 6.12. The fourth-order valence-electron chi connectivity index (χ4n) is 3.59. The molecule has 5 rings (SSSR count). The highest BCUT2D eigenvalue weighted by Gasteiger charge is 2.16. The Morgan fingerprint density at radius 2 is 1.94 bits per heavy atom. The summed E-state index contributed by atoms with van der Waals surface area (Å²) >= 11 is 1.52. The van der Waals surface area contributed by atoms with Crippen LogP contribution in [0.4, 0.5) is 0 Å². The Bertz CT molecular complexity index is 1690. The first-order chi connectivity index (χ1) is 17.0. The maximum Gasteiger partial charge on any atom is 0.345 e. The number of para-hydroxylation sites is 2. The summed E-state index contributed by atoms with van der Waals surface area (Å²) in [5.74, 6) is 0. The zero-order valence-electron chi connectivity index (χ0n) is 19.4. The molecule has 35 heavy (non-hydrogen) atoms. The van der Waals surface area contributed by atoms with E-state index in [1.165, 1.54) is 11.3 Å². The van der Waals surface area contributed by atoms with Gasteiger partial charge in [-0.05, 0) is 38.1 Å². The molecule has 5 aromatic rings. The third-order valence-corrected chi connectivity index (χ3v) is 6.28. The first-order valence-electron chi connectivity index (χ1n) is 11.0. The van der Waals surface area contributed by atoms with Gasteiger partial charge in [-0.3, -0.25) is 4.99 Å². The van der Waals surface area contributed by atoms with Gasteiger partial charge in [0.25, 0.3) is 0 Å². The van der Waals surface area contributed by atoms with Crippen molar-refractivity contribution < 1.29 is 4.42 Å². The number of benzene rings is 2. The summed E-state index contributed by atoms with van der Waals surface area (Å²) in [7, 11) is 0. The highest BCUT2D eigenvalue weighted by Crippen LogP contribution is 2.23. The first kappa shape index (κ1) is 22.5. The fraction of sp³-hybridized carbons (Fsp3) is 0.111. The Hall–Kier alpha value is -4.30. The summed E-state index contributed by atoms with van der Waals surface area (Å²) in [5, 5.41) is 12.3. The number of aromatic nitrogens is 3. The Labute approximate surface area is 205 Å². The molecule has 0 saturated carbocycles. The van der Waals surface area contributed by atoms with Gasteiger partial charge in [0.2, 0.25) is 4.80 Å². The smallest absolute Gasteiger partial charge is 0.345 e. The quantitative estimate of drug-likeness (QED) is 0.191. The van der Waals surface area contributed by atoms with E-state index in [1.54, 1.807) is 21.6 Å². The maximum absolute atomic E-state index is 12.9. The minimum atomic E-state index is -0.451. The van der Waals surface area contributed by atoms with E-state index in [-0.39, 0.29) is 0 Å². The summed E-state index contributed by atoms with van der Waals surface area (Å²) in [5.41, 5.74) is 4.43. The van der Waals surface area contributed by atoms with Gasteiger partial charge in [-0.1, -0.05) is 48.6 Å². The average Bonchev–Trinajstić information content (AvgIpc) is 3.44. The molecule has 0 fully saturated rings. The zero-order valence-corrected chi connectivity index (χ0v) is 20.2. The molecule has 2 aromatic carbocycles. The van der Waals surface area contributed by atoms with Crippen LogP contribution in [-0.2, 0) is 0 Å². The van der Waals surface area contributed by atoms with E-state index in [1.807, 2.05) is 80.0 Å². The van der Waals surface area contributed by atoms with Crippen LogP contribution in [0, 0.1) is 6.92 Å². The Morgan fingerprint density at radius 3 is 2.74 bits per heavy atom. The molecule has 0 aliphatic rings. The lowest BCUT2D eigenvalue weighted by Crippen LogP contribution is -2.13. The molecule has 0 spiro atoms. The Morgan fingerprint density at radius 1 is 1.17 bits per heavy atom. The number of rotatable bonds is 6. The molecule has 0 atom stereocenters. The van der Waals surface area contributed by atoms with Crippen LogP contribution in [0.25, 0.3) is 27.9 Å². The van der Waals surface area contributed by atoms with Gasteiger partial charge in [-0.25, -0.2) is 14.2 Å². The first-order valence-corrected chi connectivity index (χ1v) is 11.9. The second-order valence-electron chi connectivity index (χ2n) is 8.19. The van der Waals surface area contributed by atoms with Crippen LogP contribution < -0.4 is 10.4 Å². The topological polar surface area (TPSA) is 77.7 Å². The molecule has 0 bridgehead atoms. The molecule has 8 heteroatoms. The van der Waals surface area contributed by atoms with Crippen molar-refractivity contribution >= 4 is 28.5 Å². The van der Waals surface area contributed by atoms with Crippen LogP contribution in [0.2, 0.25) is 0 Å². The molecule has 3 heterocycles. The van der Waals surface area contributed by atoms with Gasteiger partial charge < -0.3 is 4.42 Å². The van der Waals surface area contributed by atoms with E-state index in [2.05, 4.69) is 11.6 Å². The number of thiazole rings is 1. The molecule has 7 nitrogen and oxygen atoms in total. The van der Waals surface area contributed by atoms with Gasteiger partial charge in [0.05, 0.1) is 29.7 Å². The van der Waals surface area contributed by atoms with Crippen LogP contribution >= 0.6 is 11.3 Å². The minimum absolute atomic E-state index is 0.374. The van der Waals surface area contributed by atoms with Crippen LogP contribution in [0.3, 0.4) is 0 Å². The van der Waals surface area contributed by atoms with E-state index in [4.69, 9.17) is 14.6 Å². The normalized spacial score (nSPS) is 12.1. The fourth-order valence-corrected chi connectivity index (χ4v) is 4.39. The third-order valence-electron chi connectivity index (χ3n) is 5.31. The van der Waals surface area contributed by atoms with Crippen molar-refractivity contribution in [3.8, 4) is 16.9 Å². The SMILES string of the molecule is C=C(C)CN=c1scc(C)n1N=Cc1cn(-c2ccccc2)nc1-c1cc2ccccc2oc1=O. The van der Waals surface area contributed by atoms with Crippen molar-refractivity contribution in [2.24, 2.45) is 10.1 Å². The van der Waals surface area contributed by atoms with Crippen LogP contribution in [0.15, 0.2) is 104 Å². The summed E-state index contributed by atoms with van der Waals surface area (Å²) < 4.78 is 9.10. The molecule has 0 amide bonds. The van der Waals surface area contributed by atoms with Crippen LogP contribution in [0.1, 0.15) is 18.2 Å². The maximum atomic E-state index is 12.9. The van der Waals surface area contributed by atoms with Crippen LogP contribution in [0.5, 0.6) is 0 Å². The van der Waals surface area contributed by atoms with E-state index in [0.717, 1.165) is 27.1 Å². The predicted octanol–water partition coefficient (Wildman–Crippen LogP) is 5.18. The van der Waals surface area contributed by atoms with Gasteiger partial charge in [0.15, 0.2) is 0 Å². The molecule has 0 saturated heterocycles. The van der Waals surface area contributed by atoms with Crippen molar-refractivity contribution in [2.45, 2.75) is 13.8 Å². The second-order valence-corrected chi connectivity index (χ2v) is 9.02. The van der Waals surface area contributed by atoms with Crippen molar-refractivity contribution in [3.05, 3.63) is 111 Å². The molecular formula is C27H23N5O2S. The van der Waals surface area contributed by atoms with Crippen molar-refractivity contribution in [1.82, 2.24) is 14.5 Å². The summed E-state index contributed by atoms with van der Waals surface area (Å²) in [6.45, 7) is 8.37. The molecule has 0 unspecified atom stereocenters. The largest absolute Gasteiger partial charge is 0.422 e. The standard InChI is InChI=1S/C27H23N5O2S/c1-18(2)14-28-27-32(19(3)17-35-27)29-15-21-16-31(22-10-5-4-6-11-22)30-25(21)23-13-20-9-7-8-12-24(20)34-26(23)33/h4-13,15-17H,1,14H2,2-3H3. The van der Waals surface area contributed by atoms with Crippen molar-refractivity contribution in [3.63, 3.8) is 0 Å². The molecular weight excluding hydrogens is 458 g/mol. The number of fused-ring (bicyclic) bond motifs is 1. The van der Waals surface area contributed by atoms with E-state index in [9.17, 15) is 4.79 Å². The average molecular weight is 482 g/mol. The van der Waals surface area contributed by atoms with Crippen LogP contribution in [-0.4, -0.2) is 27.2 Å². The van der Waals surface area contributed by atoms with Gasteiger partial charge in [0, 0.05) is 22.5 Å². The molecule has 0 N–H and O–H groups in total. The summed E-state index contributed by atoms with van der Waals surface area (Å²) in [6, 6.07) is 19.0. The van der Waals surface area contributed by atoms with Crippen molar-refractivity contribution in [2.75, 3.05) is 6.54 Å². The van der Waals surface area contributed by atoms with Gasteiger partial charge >= 0.3 is 5.63 Å². The number of hydrogen-bond acceptors (Lipinski definition) is 6. The van der Waals surface area contributed by atoms with Gasteiger partial charge in [-0.2, -0.15) is 10.2 Å². The van der Waals surface area contributed by atoms with Gasteiger partial charge in [0.1, 0.15) is 11.3 Å². The number of aryl methyl sites for hydroxylation is 1. The van der Waals surface area contributed by atoms with Gasteiger partial charge in [-0.15, -0.1) is 11.3 Å². The monoisotopic (exact) mass is 481 g/mol. The predicted molar refractivity (Wildman–Crippen MR) is 140 cm³/mol. The number of nitrogens with zero attached hydrogens (tertiary/aromatic N) is 5. The van der Waals surface area contributed by atoms with Crippen molar-refractivity contribution in [1.29, 1.82) is 0 Å². The molecule has 0 aliphatic heterocycles. The highest BCUT2D eigenvalue weighted by atomic mass is 32.1. The van der Waals surface area contributed by atoms with E-state index in [0.29, 0.717) is 28.9 Å². The summed E-state index contributed by atoms with van der Waals surface area (Å²) in [6.07, 6.45) is 3.56. The highest BCUT2D eigenvalue weighted by molar-refractivity contribution is 7.07. The Balaban J connectivity index is 1.66. The minimum Gasteiger partial charge on any atom is -0.422 e. The lowest BCUT2D eigenvalue weighted by atomic mass is 10.1.